The summed E-state index contributed by atoms with van der Waals surface area (Å²) in [5, 5.41) is 0.769. The molecule has 96 valence electrons. The maximum absolute atomic E-state index is 6.21. The molecular formula is C15H13ClN2S. The maximum atomic E-state index is 6.21. The first kappa shape index (κ1) is 12.5. The summed E-state index contributed by atoms with van der Waals surface area (Å²) in [6.07, 6.45) is 0. The molecular weight excluding hydrogens is 276 g/mol. The van der Waals surface area contributed by atoms with Crippen molar-refractivity contribution in [1.29, 1.82) is 0 Å². The zero-order valence-corrected chi connectivity index (χ0v) is 12.1. The van der Waals surface area contributed by atoms with E-state index in [1.54, 1.807) is 0 Å². The average Bonchev–Trinajstić information content (AvgIpc) is 2.68. The van der Waals surface area contributed by atoms with E-state index in [-0.39, 0.29) is 0 Å². The molecule has 3 aromatic rings. The molecule has 1 heterocycles. The van der Waals surface area contributed by atoms with Gasteiger partial charge in [-0.05, 0) is 48.5 Å². The van der Waals surface area contributed by atoms with Crippen LogP contribution in [0.4, 0.5) is 0 Å². The lowest BCUT2D eigenvalue weighted by Gasteiger charge is -2.06. The molecule has 1 aromatic heterocycles. The molecule has 2 aromatic carbocycles. The Kier molecular flexibility index (Phi) is 3.17. The summed E-state index contributed by atoms with van der Waals surface area (Å²) in [7, 11) is 0. The highest BCUT2D eigenvalue weighted by Gasteiger charge is 2.07. The third-order valence-corrected chi connectivity index (χ3v) is 3.91. The van der Waals surface area contributed by atoms with Crippen molar-refractivity contribution in [2.75, 3.05) is 0 Å². The smallest absolute Gasteiger partial charge is 0.178 e. The van der Waals surface area contributed by atoms with E-state index in [0.717, 1.165) is 26.4 Å². The Morgan fingerprint density at radius 3 is 2.79 bits per heavy atom. The van der Waals surface area contributed by atoms with Crippen LogP contribution >= 0.6 is 23.8 Å². The monoisotopic (exact) mass is 288 g/mol. The van der Waals surface area contributed by atoms with Crippen LogP contribution in [-0.2, 0) is 6.54 Å². The van der Waals surface area contributed by atoms with Crippen LogP contribution in [-0.4, -0.2) is 9.55 Å². The van der Waals surface area contributed by atoms with E-state index in [2.05, 4.69) is 34.7 Å². The summed E-state index contributed by atoms with van der Waals surface area (Å²) in [5.74, 6) is 0. The molecule has 0 saturated heterocycles. The van der Waals surface area contributed by atoms with Gasteiger partial charge in [0, 0.05) is 5.02 Å². The summed E-state index contributed by atoms with van der Waals surface area (Å²) < 4.78 is 2.80. The number of H-pyrrole nitrogens is 1. The number of aryl methyl sites for hydroxylation is 1. The maximum Gasteiger partial charge on any atom is 0.178 e. The zero-order valence-electron chi connectivity index (χ0n) is 10.5. The molecule has 2 nitrogen and oxygen atoms in total. The zero-order chi connectivity index (χ0) is 13.4. The van der Waals surface area contributed by atoms with Crippen LogP contribution in [0.5, 0.6) is 0 Å². The van der Waals surface area contributed by atoms with Crippen molar-refractivity contribution in [3.05, 3.63) is 63.4 Å². The number of rotatable bonds is 2. The standard InChI is InChI=1S/C15H13ClN2S/c1-10-6-7-14-13(8-10)17-15(19)18(14)9-11-4-2-3-5-12(11)16/h2-8H,9H2,1H3,(H,17,19). The van der Waals surface area contributed by atoms with Gasteiger partial charge in [0.05, 0.1) is 17.6 Å². The van der Waals surface area contributed by atoms with E-state index in [1.165, 1.54) is 5.56 Å². The summed E-state index contributed by atoms with van der Waals surface area (Å²) in [4.78, 5) is 3.24. The number of benzene rings is 2. The topological polar surface area (TPSA) is 20.7 Å². The van der Waals surface area contributed by atoms with Crippen LogP contribution in [0.3, 0.4) is 0 Å². The third-order valence-electron chi connectivity index (χ3n) is 3.22. The average molecular weight is 289 g/mol. The van der Waals surface area contributed by atoms with Gasteiger partial charge in [0.2, 0.25) is 0 Å². The Morgan fingerprint density at radius 2 is 2.00 bits per heavy atom. The highest BCUT2D eigenvalue weighted by atomic mass is 35.5. The summed E-state index contributed by atoms with van der Waals surface area (Å²) in [6, 6.07) is 14.1. The number of aromatic nitrogens is 2. The molecule has 1 N–H and O–H groups in total. The van der Waals surface area contributed by atoms with Gasteiger partial charge in [-0.25, -0.2) is 0 Å². The molecule has 0 unspecified atom stereocenters. The first-order chi connectivity index (χ1) is 9.15. The molecule has 0 atom stereocenters. The fraction of sp³-hybridized carbons (Fsp3) is 0.133. The van der Waals surface area contributed by atoms with Crippen molar-refractivity contribution in [3.8, 4) is 0 Å². The molecule has 0 saturated carbocycles. The predicted molar refractivity (Wildman–Crippen MR) is 82.4 cm³/mol. The van der Waals surface area contributed by atoms with Gasteiger partial charge < -0.3 is 9.55 Å². The van der Waals surface area contributed by atoms with Gasteiger partial charge in [-0.2, -0.15) is 0 Å². The predicted octanol–water partition coefficient (Wildman–Crippen LogP) is 4.71. The van der Waals surface area contributed by atoms with E-state index in [9.17, 15) is 0 Å². The normalized spacial score (nSPS) is 11.1. The fourth-order valence-electron chi connectivity index (χ4n) is 2.23. The van der Waals surface area contributed by atoms with Crippen molar-refractivity contribution >= 4 is 34.9 Å². The molecule has 0 aliphatic carbocycles. The largest absolute Gasteiger partial charge is 0.331 e. The van der Waals surface area contributed by atoms with E-state index >= 15 is 0 Å². The lowest BCUT2D eigenvalue weighted by atomic mass is 10.2. The molecule has 0 spiro atoms. The van der Waals surface area contributed by atoms with Crippen molar-refractivity contribution < 1.29 is 0 Å². The minimum atomic E-state index is 0.682. The molecule has 3 rings (SSSR count). The minimum Gasteiger partial charge on any atom is -0.331 e. The Labute approximate surface area is 121 Å². The molecule has 0 radical (unpaired) electrons. The van der Waals surface area contributed by atoms with E-state index in [0.29, 0.717) is 6.54 Å². The second-order valence-corrected chi connectivity index (χ2v) is 5.42. The van der Waals surface area contributed by atoms with Gasteiger partial charge in [0.25, 0.3) is 0 Å². The van der Waals surface area contributed by atoms with Crippen LogP contribution < -0.4 is 0 Å². The van der Waals surface area contributed by atoms with Gasteiger partial charge in [0.15, 0.2) is 4.77 Å². The number of hydrogen-bond acceptors (Lipinski definition) is 1. The second-order valence-electron chi connectivity index (χ2n) is 4.63. The quantitative estimate of drug-likeness (QED) is 0.677. The van der Waals surface area contributed by atoms with Gasteiger partial charge in [-0.3, -0.25) is 0 Å². The van der Waals surface area contributed by atoms with Gasteiger partial charge >= 0.3 is 0 Å². The molecule has 0 amide bonds. The summed E-state index contributed by atoms with van der Waals surface area (Å²) >= 11 is 11.6. The Hall–Kier alpha value is -1.58. The van der Waals surface area contributed by atoms with Gasteiger partial charge in [0.1, 0.15) is 0 Å². The molecule has 0 fully saturated rings. The summed E-state index contributed by atoms with van der Waals surface area (Å²) in [5.41, 5.74) is 4.46. The fourth-order valence-corrected chi connectivity index (χ4v) is 2.70. The summed E-state index contributed by atoms with van der Waals surface area (Å²) in [6.45, 7) is 2.75. The van der Waals surface area contributed by atoms with E-state index in [4.69, 9.17) is 23.8 Å². The number of hydrogen-bond donors (Lipinski definition) is 1. The number of nitrogens with zero attached hydrogens (tertiary/aromatic N) is 1. The Morgan fingerprint density at radius 1 is 1.21 bits per heavy atom. The van der Waals surface area contributed by atoms with Crippen LogP contribution in [0.2, 0.25) is 5.02 Å². The van der Waals surface area contributed by atoms with E-state index < -0.39 is 0 Å². The van der Waals surface area contributed by atoms with Crippen molar-refractivity contribution in [2.24, 2.45) is 0 Å². The lowest BCUT2D eigenvalue weighted by Crippen LogP contribution is -2.00. The highest BCUT2D eigenvalue weighted by molar-refractivity contribution is 7.71. The van der Waals surface area contributed by atoms with Crippen LogP contribution in [0.25, 0.3) is 11.0 Å². The first-order valence-corrected chi connectivity index (χ1v) is 6.86. The Bertz CT molecular complexity index is 801. The van der Waals surface area contributed by atoms with E-state index in [1.807, 2.05) is 24.3 Å². The lowest BCUT2D eigenvalue weighted by molar-refractivity contribution is 0.811. The SMILES string of the molecule is Cc1ccc2c(c1)[nH]c(=S)n2Cc1ccccc1Cl. The molecule has 19 heavy (non-hydrogen) atoms. The number of aromatic amines is 1. The van der Waals surface area contributed by atoms with Crippen molar-refractivity contribution in [1.82, 2.24) is 9.55 Å². The molecule has 4 heteroatoms. The third kappa shape index (κ3) is 2.31. The number of fused-ring (bicyclic) bond motifs is 1. The highest BCUT2D eigenvalue weighted by Crippen LogP contribution is 2.21. The van der Waals surface area contributed by atoms with Gasteiger partial charge in [-0.1, -0.05) is 35.9 Å². The number of nitrogens with one attached hydrogen (secondary N) is 1. The van der Waals surface area contributed by atoms with Crippen LogP contribution in [0, 0.1) is 11.7 Å². The Balaban J connectivity index is 2.13. The second kappa shape index (κ2) is 4.83. The first-order valence-electron chi connectivity index (χ1n) is 6.08. The van der Waals surface area contributed by atoms with Gasteiger partial charge in [-0.15, -0.1) is 0 Å². The minimum absolute atomic E-state index is 0.682. The van der Waals surface area contributed by atoms with Crippen LogP contribution in [0.15, 0.2) is 42.5 Å². The number of halogens is 1. The number of imidazole rings is 1. The molecule has 0 bridgehead atoms. The van der Waals surface area contributed by atoms with Crippen LogP contribution in [0.1, 0.15) is 11.1 Å². The molecule has 0 aliphatic heterocycles. The van der Waals surface area contributed by atoms with Crippen molar-refractivity contribution in [2.45, 2.75) is 13.5 Å². The van der Waals surface area contributed by atoms with Crippen molar-refractivity contribution in [3.63, 3.8) is 0 Å². The molecule has 0 aliphatic rings.